The van der Waals surface area contributed by atoms with E-state index in [1.165, 1.54) is 11.1 Å². The lowest BCUT2D eigenvalue weighted by Gasteiger charge is -2.29. The summed E-state index contributed by atoms with van der Waals surface area (Å²) in [5.74, 6) is -3.26. The van der Waals surface area contributed by atoms with Crippen LogP contribution in [-0.4, -0.2) is 98.7 Å². The van der Waals surface area contributed by atoms with Gasteiger partial charge in [0.15, 0.2) is 0 Å². The van der Waals surface area contributed by atoms with Crippen LogP contribution in [0.4, 0.5) is 0 Å². The Morgan fingerprint density at radius 3 is 2.54 bits per heavy atom. The van der Waals surface area contributed by atoms with Gasteiger partial charge in [-0.2, -0.15) is 0 Å². The van der Waals surface area contributed by atoms with E-state index in [1.54, 1.807) is 11.6 Å². The summed E-state index contributed by atoms with van der Waals surface area (Å²) in [6, 6.07) is 8.12. The third kappa shape index (κ3) is 10.4. The number of rotatable bonds is 7. The van der Waals surface area contributed by atoms with Crippen LogP contribution < -0.4 is 27.0 Å². The Morgan fingerprint density at radius 1 is 0.981 bits per heavy atom. The van der Waals surface area contributed by atoms with E-state index >= 15 is 0 Å². The van der Waals surface area contributed by atoms with Gasteiger partial charge in [0.1, 0.15) is 30.2 Å². The zero-order chi connectivity index (χ0) is 38.8. The molecule has 6 amide bonds. The van der Waals surface area contributed by atoms with Gasteiger partial charge in [0.2, 0.25) is 35.4 Å². The fourth-order valence-corrected chi connectivity index (χ4v) is 6.95. The predicted octanol–water partition coefficient (Wildman–Crippen LogP) is 0.856. The summed E-state index contributed by atoms with van der Waals surface area (Å²) in [4.78, 5) is 82.3. The van der Waals surface area contributed by atoms with Crippen LogP contribution in [0.2, 0.25) is 0 Å². The van der Waals surface area contributed by atoms with Crippen LogP contribution in [0.3, 0.4) is 0 Å². The van der Waals surface area contributed by atoms with Crippen molar-refractivity contribution in [2.24, 2.45) is 11.7 Å². The number of nitrogens with zero attached hydrogens (tertiary/aromatic N) is 4. The largest absolute Gasteiger partial charge is 0.372 e. The highest BCUT2D eigenvalue weighted by atomic mass is 16.5. The molecule has 3 aromatic rings. The minimum atomic E-state index is -1.29. The normalized spacial score (nSPS) is 23.0. The van der Waals surface area contributed by atoms with Crippen LogP contribution in [0.15, 0.2) is 48.7 Å². The summed E-state index contributed by atoms with van der Waals surface area (Å²) in [6.45, 7) is 5.82. The van der Waals surface area contributed by atoms with Crippen molar-refractivity contribution in [1.29, 1.82) is 0 Å². The van der Waals surface area contributed by atoms with Gasteiger partial charge in [0, 0.05) is 25.9 Å². The first kappa shape index (κ1) is 39.8. The molecule has 2 aromatic carbocycles. The van der Waals surface area contributed by atoms with Crippen molar-refractivity contribution in [3.63, 3.8) is 0 Å². The first-order valence-electron chi connectivity index (χ1n) is 18.6. The lowest BCUT2D eigenvalue weighted by atomic mass is 9.97. The van der Waals surface area contributed by atoms with Crippen molar-refractivity contribution in [3.8, 4) is 0 Å². The molecule has 2 aliphatic heterocycles. The van der Waals surface area contributed by atoms with Crippen molar-refractivity contribution in [2.45, 2.75) is 109 Å². The quantitative estimate of drug-likeness (QED) is 0.231. The SMILES string of the molecule is CC(C)C[C@H](NC(=O)[C@@H]1COCc2cnnn2CCCCC(=O)N[C@@H](C)C(=O)N2CCC[C@H]2C(=O)N[C@@H](Cc2cccc3ccccc23)C(=O)N1)C(N)=O. The van der Waals surface area contributed by atoms with E-state index in [4.69, 9.17) is 10.5 Å². The first-order valence-corrected chi connectivity index (χ1v) is 18.6. The maximum absolute atomic E-state index is 14.3. The molecular weight excluding hydrogens is 694 g/mol. The number of nitrogens with one attached hydrogen (secondary N) is 4. The van der Waals surface area contributed by atoms with Crippen LogP contribution in [0.5, 0.6) is 0 Å². The average molecular weight is 746 g/mol. The Balaban J connectivity index is 1.47. The molecule has 0 bridgehead atoms. The van der Waals surface area contributed by atoms with Crippen LogP contribution in [0, 0.1) is 5.92 Å². The molecular formula is C38H51N9O7. The lowest BCUT2D eigenvalue weighted by molar-refractivity contribution is -0.142. The van der Waals surface area contributed by atoms with Crippen molar-refractivity contribution in [3.05, 3.63) is 59.9 Å². The second-order valence-electron chi connectivity index (χ2n) is 14.5. The van der Waals surface area contributed by atoms with Crippen LogP contribution in [0.25, 0.3) is 10.8 Å². The van der Waals surface area contributed by atoms with Gasteiger partial charge in [0.25, 0.3) is 0 Å². The van der Waals surface area contributed by atoms with Crippen molar-refractivity contribution in [2.75, 3.05) is 13.2 Å². The highest BCUT2D eigenvalue weighted by molar-refractivity contribution is 5.97. The van der Waals surface area contributed by atoms with Gasteiger partial charge in [-0.15, -0.1) is 5.10 Å². The van der Waals surface area contributed by atoms with E-state index in [-0.39, 0.29) is 44.3 Å². The fraction of sp³-hybridized carbons (Fsp3) is 0.526. The number of fused-ring (bicyclic) bond motifs is 3. The van der Waals surface area contributed by atoms with Crippen LogP contribution in [-0.2, 0) is 53.1 Å². The Labute approximate surface area is 314 Å². The predicted molar refractivity (Wildman–Crippen MR) is 198 cm³/mol. The van der Waals surface area contributed by atoms with Gasteiger partial charge in [0.05, 0.1) is 25.1 Å². The molecule has 0 radical (unpaired) electrons. The summed E-state index contributed by atoms with van der Waals surface area (Å²) in [5, 5.41) is 21.0. The molecule has 0 aliphatic carbocycles. The Hall–Kier alpha value is -5.38. The molecule has 5 atom stereocenters. The van der Waals surface area contributed by atoms with E-state index in [0.29, 0.717) is 44.5 Å². The second kappa shape index (κ2) is 18.6. The van der Waals surface area contributed by atoms with Gasteiger partial charge in [-0.1, -0.05) is 61.5 Å². The number of nitrogens with two attached hydrogens (primary N) is 1. The van der Waals surface area contributed by atoms with Gasteiger partial charge in [-0.05, 0) is 61.3 Å². The number of aromatic nitrogens is 3. The van der Waals surface area contributed by atoms with Crippen molar-refractivity contribution >= 4 is 46.2 Å². The number of ether oxygens (including phenoxy) is 1. The maximum Gasteiger partial charge on any atom is 0.245 e. The number of carbonyl (C=O) groups excluding carboxylic acids is 6. The summed E-state index contributed by atoms with van der Waals surface area (Å²) in [5.41, 5.74) is 7.02. The number of aryl methyl sites for hydroxylation is 1. The molecule has 1 fully saturated rings. The lowest BCUT2D eigenvalue weighted by Crippen LogP contribution is -2.60. The maximum atomic E-state index is 14.3. The summed E-state index contributed by atoms with van der Waals surface area (Å²) >= 11 is 0. The highest BCUT2D eigenvalue weighted by Crippen LogP contribution is 2.22. The minimum absolute atomic E-state index is 0.00825. The highest BCUT2D eigenvalue weighted by Gasteiger charge is 2.38. The molecule has 16 heteroatoms. The van der Waals surface area contributed by atoms with Crippen LogP contribution >= 0.6 is 0 Å². The number of hydrogen-bond acceptors (Lipinski definition) is 9. The third-order valence-corrected chi connectivity index (χ3v) is 9.78. The third-order valence-electron chi connectivity index (χ3n) is 9.78. The molecule has 0 saturated carbocycles. The average Bonchev–Trinajstić information content (AvgIpc) is 3.81. The topological polar surface area (TPSA) is 220 Å². The van der Waals surface area contributed by atoms with Crippen molar-refractivity contribution < 1.29 is 33.5 Å². The minimum Gasteiger partial charge on any atom is -0.372 e. The summed E-state index contributed by atoms with van der Waals surface area (Å²) < 4.78 is 7.60. The molecule has 1 aromatic heterocycles. The first-order chi connectivity index (χ1) is 25.9. The number of hydrogen-bond donors (Lipinski definition) is 5. The van der Waals surface area contributed by atoms with E-state index < -0.39 is 59.7 Å². The molecule has 0 unspecified atom stereocenters. The van der Waals surface area contributed by atoms with Gasteiger partial charge >= 0.3 is 0 Å². The van der Waals surface area contributed by atoms with Gasteiger partial charge < -0.3 is 36.6 Å². The van der Waals surface area contributed by atoms with Gasteiger partial charge in [-0.3, -0.25) is 28.8 Å². The van der Waals surface area contributed by atoms with Crippen molar-refractivity contribution in [1.82, 2.24) is 41.2 Å². The summed E-state index contributed by atoms with van der Waals surface area (Å²) in [6.07, 6.45) is 4.09. The molecule has 1 saturated heterocycles. The number of amides is 6. The van der Waals surface area contributed by atoms with Gasteiger partial charge in [-0.25, -0.2) is 4.68 Å². The zero-order valence-electron chi connectivity index (χ0n) is 31.1. The van der Waals surface area contributed by atoms with E-state index in [2.05, 4.69) is 31.6 Å². The van der Waals surface area contributed by atoms with E-state index in [9.17, 15) is 28.8 Å². The molecule has 16 nitrogen and oxygen atoms in total. The number of benzene rings is 2. The monoisotopic (exact) mass is 745 g/mol. The standard InChI is InChI=1S/C38H51N9O7/c1-23(2)18-29(34(39)49)42-36(51)31-22-54-21-27-20-40-45-47(27)17-7-6-15-33(48)41-24(3)38(53)46-16-9-14-32(46)37(52)43-30(35(50)44-31)19-26-12-8-11-25-10-4-5-13-28(25)26/h4-5,8,10-13,20,23-24,29-32H,6-7,9,14-19,21-22H2,1-3H3,(H2,39,49)(H,41,48)(H,42,51)(H,43,52)(H,44,50)/t24-,29-,30-,31-,32-/m0/s1. The molecule has 290 valence electrons. The molecule has 0 spiro atoms. The Morgan fingerprint density at radius 2 is 1.76 bits per heavy atom. The van der Waals surface area contributed by atoms with Crippen LogP contribution in [0.1, 0.15) is 70.6 Å². The summed E-state index contributed by atoms with van der Waals surface area (Å²) in [7, 11) is 0. The number of primary amides is 1. The fourth-order valence-electron chi connectivity index (χ4n) is 6.95. The van der Waals surface area contributed by atoms with E-state index in [0.717, 1.165) is 16.3 Å². The molecule has 54 heavy (non-hydrogen) atoms. The number of carbonyl (C=O) groups is 6. The molecule has 5 rings (SSSR count). The molecule has 6 N–H and O–H groups in total. The second-order valence-corrected chi connectivity index (χ2v) is 14.5. The zero-order valence-corrected chi connectivity index (χ0v) is 31.1. The Bertz CT molecular complexity index is 1820. The van der Waals surface area contributed by atoms with E-state index in [1.807, 2.05) is 56.3 Å². The molecule has 3 heterocycles. The Kier molecular flexibility index (Phi) is 13.7. The smallest absolute Gasteiger partial charge is 0.245 e. The molecule has 2 aliphatic rings.